The Labute approximate surface area is 137 Å². The number of aromatic amines is 1. The first-order valence-electron chi connectivity index (χ1n) is 7.12. The molecule has 7 heteroatoms. The van der Waals surface area contributed by atoms with Crippen LogP contribution in [0.25, 0.3) is 33.3 Å². The zero-order valence-electron chi connectivity index (χ0n) is 13.2. The van der Waals surface area contributed by atoms with Gasteiger partial charge >= 0.3 is 6.01 Å². The molecule has 122 valence electrons. The first-order valence-corrected chi connectivity index (χ1v) is 7.12. The van der Waals surface area contributed by atoms with Crippen molar-refractivity contribution in [1.29, 1.82) is 0 Å². The molecule has 24 heavy (non-hydrogen) atoms. The fraction of sp³-hybridized carbons (Fsp3) is 0.118. The van der Waals surface area contributed by atoms with Crippen molar-refractivity contribution in [2.24, 2.45) is 0 Å². The second kappa shape index (κ2) is 6.13. The van der Waals surface area contributed by atoms with Crippen LogP contribution >= 0.6 is 0 Å². The van der Waals surface area contributed by atoms with E-state index in [1.54, 1.807) is 13.3 Å². The van der Waals surface area contributed by atoms with Crippen molar-refractivity contribution in [2.45, 2.75) is 0 Å². The Bertz CT molecular complexity index is 1010. The van der Waals surface area contributed by atoms with E-state index in [1.807, 2.05) is 18.2 Å². The Morgan fingerprint density at radius 3 is 2.42 bits per heavy atom. The van der Waals surface area contributed by atoms with Crippen molar-refractivity contribution in [3.8, 4) is 23.1 Å². The number of hydrogen-bond acceptors (Lipinski definition) is 5. The molecule has 2 aromatic heterocycles. The van der Waals surface area contributed by atoms with Gasteiger partial charge in [0.15, 0.2) is 5.65 Å². The number of aromatic nitrogens is 4. The molecule has 0 saturated carbocycles. The van der Waals surface area contributed by atoms with Crippen LogP contribution in [-0.4, -0.2) is 39.6 Å². The summed E-state index contributed by atoms with van der Waals surface area (Å²) in [5.74, 6) is 1.44. The largest absolute Gasteiger partial charge is 0.496 e. The third-order valence-electron chi connectivity index (χ3n) is 3.72. The van der Waals surface area contributed by atoms with Gasteiger partial charge in [-0.15, -0.1) is 0 Å². The minimum Gasteiger partial charge on any atom is -0.496 e. The van der Waals surface area contributed by atoms with Crippen molar-refractivity contribution in [1.82, 2.24) is 19.9 Å². The van der Waals surface area contributed by atoms with Crippen molar-refractivity contribution in [3.63, 3.8) is 0 Å². The minimum atomic E-state index is 0. The van der Waals surface area contributed by atoms with Crippen LogP contribution in [-0.2, 0) is 0 Å². The molecule has 0 amide bonds. The summed E-state index contributed by atoms with van der Waals surface area (Å²) in [7, 11) is 3.18. The number of nitrogens with one attached hydrogen (secondary N) is 1. The van der Waals surface area contributed by atoms with Gasteiger partial charge in [0.1, 0.15) is 17.1 Å². The van der Waals surface area contributed by atoms with Gasteiger partial charge in [-0.1, -0.05) is 24.3 Å². The molecule has 0 atom stereocenters. The zero-order chi connectivity index (χ0) is 15.8. The first kappa shape index (κ1) is 15.7. The highest BCUT2D eigenvalue weighted by molar-refractivity contribution is 5.90. The molecule has 0 bridgehead atoms. The van der Waals surface area contributed by atoms with E-state index in [1.165, 1.54) is 7.11 Å². The van der Waals surface area contributed by atoms with E-state index in [0.29, 0.717) is 17.5 Å². The van der Waals surface area contributed by atoms with Crippen molar-refractivity contribution in [2.75, 3.05) is 14.2 Å². The summed E-state index contributed by atoms with van der Waals surface area (Å²) in [6, 6.07) is 12.5. The lowest BCUT2D eigenvalue weighted by molar-refractivity contribution is 0.381. The monoisotopic (exact) mass is 324 g/mol. The lowest BCUT2D eigenvalue weighted by Crippen LogP contribution is -1.91. The highest BCUT2D eigenvalue weighted by atomic mass is 16.5. The maximum absolute atomic E-state index is 5.53. The number of ether oxygens (including phenoxy) is 2. The van der Waals surface area contributed by atoms with Crippen LogP contribution in [0.1, 0.15) is 0 Å². The molecule has 0 aliphatic carbocycles. The number of nitrogens with zero attached hydrogens (tertiary/aromatic N) is 3. The Hall–Kier alpha value is -3.19. The van der Waals surface area contributed by atoms with E-state index in [0.717, 1.165) is 27.6 Å². The van der Waals surface area contributed by atoms with Gasteiger partial charge in [0.2, 0.25) is 0 Å². The Morgan fingerprint density at radius 1 is 0.958 bits per heavy atom. The third-order valence-corrected chi connectivity index (χ3v) is 3.72. The number of methoxy groups -OCH3 is 2. The molecule has 2 heterocycles. The molecule has 0 saturated heterocycles. The molecule has 0 aliphatic heterocycles. The Balaban J connectivity index is 0.00000169. The number of rotatable bonds is 3. The van der Waals surface area contributed by atoms with Crippen LogP contribution in [0.2, 0.25) is 0 Å². The van der Waals surface area contributed by atoms with Gasteiger partial charge < -0.3 is 19.9 Å². The van der Waals surface area contributed by atoms with Gasteiger partial charge in [-0.05, 0) is 22.9 Å². The Kier molecular flexibility index (Phi) is 4.01. The predicted molar refractivity (Wildman–Crippen MR) is 91.3 cm³/mol. The SMILES string of the molecule is COc1ncc2[nH]c(-c3cc4ccccc4cc3OC)nc2n1.O. The molecule has 4 aromatic rings. The number of imidazole rings is 1. The number of H-pyrrole nitrogens is 1. The topological polar surface area (TPSA) is 104 Å². The van der Waals surface area contributed by atoms with E-state index in [-0.39, 0.29) is 5.48 Å². The van der Waals surface area contributed by atoms with Gasteiger partial charge in [0.05, 0.1) is 26.0 Å². The average Bonchev–Trinajstić information content (AvgIpc) is 3.03. The second-order valence-corrected chi connectivity index (χ2v) is 5.08. The molecule has 0 fully saturated rings. The summed E-state index contributed by atoms with van der Waals surface area (Å²) >= 11 is 0. The maximum Gasteiger partial charge on any atom is 0.318 e. The maximum atomic E-state index is 5.53. The summed E-state index contributed by atoms with van der Waals surface area (Å²) < 4.78 is 10.6. The fourth-order valence-electron chi connectivity index (χ4n) is 2.59. The first-order chi connectivity index (χ1) is 11.3. The van der Waals surface area contributed by atoms with E-state index in [4.69, 9.17) is 9.47 Å². The van der Waals surface area contributed by atoms with Crippen LogP contribution in [0.5, 0.6) is 11.8 Å². The van der Waals surface area contributed by atoms with Gasteiger partial charge in [-0.2, -0.15) is 4.98 Å². The van der Waals surface area contributed by atoms with Crippen LogP contribution < -0.4 is 9.47 Å². The quantitative estimate of drug-likeness (QED) is 0.623. The average molecular weight is 324 g/mol. The summed E-state index contributed by atoms with van der Waals surface area (Å²) in [5.41, 5.74) is 2.18. The summed E-state index contributed by atoms with van der Waals surface area (Å²) in [5, 5.41) is 2.23. The van der Waals surface area contributed by atoms with Gasteiger partial charge in [-0.25, -0.2) is 9.97 Å². The molecule has 4 rings (SSSR count). The summed E-state index contributed by atoms with van der Waals surface area (Å²) in [4.78, 5) is 16.1. The zero-order valence-corrected chi connectivity index (χ0v) is 13.2. The van der Waals surface area contributed by atoms with Gasteiger partial charge in [0, 0.05) is 0 Å². The normalized spacial score (nSPS) is 10.6. The third kappa shape index (κ3) is 2.50. The van der Waals surface area contributed by atoms with Crippen molar-refractivity contribution >= 4 is 21.9 Å². The highest BCUT2D eigenvalue weighted by Gasteiger charge is 2.13. The van der Waals surface area contributed by atoms with E-state index >= 15 is 0 Å². The van der Waals surface area contributed by atoms with Crippen LogP contribution in [0, 0.1) is 0 Å². The van der Waals surface area contributed by atoms with Crippen LogP contribution in [0.15, 0.2) is 42.6 Å². The van der Waals surface area contributed by atoms with Crippen LogP contribution in [0.4, 0.5) is 0 Å². The summed E-state index contributed by atoms with van der Waals surface area (Å²) in [6.07, 6.45) is 1.66. The molecule has 0 radical (unpaired) electrons. The molecule has 0 unspecified atom stereocenters. The van der Waals surface area contributed by atoms with Crippen molar-refractivity contribution in [3.05, 3.63) is 42.6 Å². The lowest BCUT2D eigenvalue weighted by Gasteiger charge is -2.08. The molecule has 2 aromatic carbocycles. The number of hydrogen-bond donors (Lipinski definition) is 1. The van der Waals surface area contributed by atoms with Gasteiger partial charge in [-0.3, -0.25) is 0 Å². The fourth-order valence-corrected chi connectivity index (χ4v) is 2.59. The molecule has 7 nitrogen and oxygen atoms in total. The Morgan fingerprint density at radius 2 is 1.71 bits per heavy atom. The van der Waals surface area contributed by atoms with Gasteiger partial charge in [0.25, 0.3) is 0 Å². The molecular weight excluding hydrogens is 308 g/mol. The minimum absolute atomic E-state index is 0. The molecule has 3 N–H and O–H groups in total. The molecule has 0 aliphatic rings. The van der Waals surface area contributed by atoms with E-state index in [2.05, 4.69) is 38.1 Å². The standard InChI is InChI=1S/C17H14N4O2.H2O/c1-22-14-8-11-6-4-3-5-10(11)7-12(14)15-19-13-9-18-17(23-2)21-16(13)20-15;/h3-9H,1-2H3,(H,18,19,20,21);1H2. The predicted octanol–water partition coefficient (Wildman–Crippen LogP) is 2.37. The van der Waals surface area contributed by atoms with E-state index in [9.17, 15) is 0 Å². The summed E-state index contributed by atoms with van der Waals surface area (Å²) in [6.45, 7) is 0. The highest BCUT2D eigenvalue weighted by Crippen LogP contribution is 2.33. The second-order valence-electron chi connectivity index (χ2n) is 5.08. The molecule has 0 spiro atoms. The number of fused-ring (bicyclic) bond motifs is 2. The molecular formula is C17H16N4O3. The lowest BCUT2D eigenvalue weighted by atomic mass is 10.1. The van der Waals surface area contributed by atoms with E-state index < -0.39 is 0 Å². The number of benzene rings is 2. The smallest absolute Gasteiger partial charge is 0.318 e. The van der Waals surface area contributed by atoms with Crippen molar-refractivity contribution < 1.29 is 14.9 Å². The van der Waals surface area contributed by atoms with Crippen LogP contribution in [0.3, 0.4) is 0 Å².